The molecule has 2 N–H and O–H groups in total. The van der Waals surface area contributed by atoms with E-state index in [2.05, 4.69) is 24.3 Å². The van der Waals surface area contributed by atoms with Gasteiger partial charge in [0.25, 0.3) is 0 Å². The molecule has 0 bridgehead atoms. The zero-order valence-corrected chi connectivity index (χ0v) is 16.9. The van der Waals surface area contributed by atoms with E-state index < -0.39 is 23.9 Å². The summed E-state index contributed by atoms with van der Waals surface area (Å²) >= 11 is 0. The summed E-state index contributed by atoms with van der Waals surface area (Å²) in [7, 11) is 1.66. The van der Waals surface area contributed by atoms with E-state index in [0.717, 1.165) is 33.5 Å². The molecule has 0 aromatic heterocycles. The van der Waals surface area contributed by atoms with Crippen molar-refractivity contribution in [1.29, 1.82) is 0 Å². The fraction of sp³-hybridized carbons (Fsp3) is 0.200. The van der Waals surface area contributed by atoms with Crippen LogP contribution in [0.3, 0.4) is 0 Å². The van der Waals surface area contributed by atoms with Gasteiger partial charge >= 0.3 is 11.9 Å². The zero-order valence-electron chi connectivity index (χ0n) is 16.9. The molecule has 5 nitrogen and oxygen atoms in total. The van der Waals surface area contributed by atoms with Crippen LogP contribution in [-0.4, -0.2) is 34.7 Å². The van der Waals surface area contributed by atoms with E-state index in [4.69, 9.17) is 0 Å². The molecular weight excluding hydrogens is 378 g/mol. The normalized spacial score (nSPS) is 16.3. The second-order valence-electron chi connectivity index (χ2n) is 7.88. The van der Waals surface area contributed by atoms with Crippen LogP contribution in [0.4, 0.5) is 5.69 Å². The number of benzene rings is 3. The van der Waals surface area contributed by atoms with Crippen molar-refractivity contribution in [3.05, 3.63) is 89.5 Å². The van der Waals surface area contributed by atoms with Gasteiger partial charge in [-0.3, -0.25) is 4.79 Å². The Morgan fingerprint density at radius 1 is 0.900 bits per heavy atom. The largest absolute Gasteiger partial charge is 0.481 e. The standard InChI is InChI=1S/C25H23NO4/c1-25(24(29)30,15-21(27)28)26(2)20-14-8-13-19-17-11-6-7-12-18(17)22(23(19)20)16-9-4-3-5-10-16/h3-14,22H,15H2,1-2H3,(H,27,28)(H,29,30)/t22?,25-/m0/s1. The van der Waals surface area contributed by atoms with E-state index >= 15 is 0 Å². The first kappa shape index (κ1) is 19.7. The van der Waals surface area contributed by atoms with E-state index in [9.17, 15) is 19.8 Å². The maximum absolute atomic E-state index is 12.1. The van der Waals surface area contributed by atoms with Gasteiger partial charge in [0.1, 0.15) is 5.54 Å². The molecule has 0 heterocycles. The van der Waals surface area contributed by atoms with Crippen molar-refractivity contribution in [3.8, 4) is 11.1 Å². The molecule has 5 heteroatoms. The molecule has 0 radical (unpaired) electrons. The van der Waals surface area contributed by atoms with Crippen LogP contribution in [0.1, 0.15) is 36.0 Å². The molecule has 0 saturated heterocycles. The quantitative estimate of drug-likeness (QED) is 0.494. The first-order chi connectivity index (χ1) is 14.3. The van der Waals surface area contributed by atoms with E-state index in [1.54, 1.807) is 11.9 Å². The zero-order chi connectivity index (χ0) is 21.5. The van der Waals surface area contributed by atoms with Crippen LogP contribution in [0.15, 0.2) is 72.8 Å². The SMILES string of the molecule is CN(c1cccc2c1C(c1ccccc1)c1ccccc1-2)[C@@](C)(CC(=O)O)C(=O)O. The van der Waals surface area contributed by atoms with E-state index in [1.165, 1.54) is 6.92 Å². The number of hydrogen-bond donors (Lipinski definition) is 2. The molecule has 152 valence electrons. The molecule has 30 heavy (non-hydrogen) atoms. The number of carboxylic acid groups (broad SMARTS) is 2. The number of likely N-dealkylation sites (N-methyl/N-ethyl adjacent to an activating group) is 1. The Morgan fingerprint density at radius 2 is 1.53 bits per heavy atom. The average molecular weight is 401 g/mol. The Morgan fingerprint density at radius 3 is 2.20 bits per heavy atom. The fourth-order valence-corrected chi connectivity index (χ4v) is 4.42. The van der Waals surface area contributed by atoms with Gasteiger partial charge in [0, 0.05) is 18.7 Å². The third kappa shape index (κ3) is 3.03. The molecule has 0 spiro atoms. The molecule has 1 aliphatic carbocycles. The van der Waals surface area contributed by atoms with Gasteiger partial charge < -0.3 is 15.1 Å². The van der Waals surface area contributed by atoms with Gasteiger partial charge in [0.15, 0.2) is 0 Å². The van der Waals surface area contributed by atoms with Crippen molar-refractivity contribution in [3.63, 3.8) is 0 Å². The van der Waals surface area contributed by atoms with Crippen LogP contribution in [0.25, 0.3) is 11.1 Å². The molecule has 0 aliphatic heterocycles. The Labute approximate surface area is 175 Å². The first-order valence-electron chi connectivity index (χ1n) is 9.81. The second-order valence-corrected chi connectivity index (χ2v) is 7.88. The summed E-state index contributed by atoms with van der Waals surface area (Å²) in [5.41, 5.74) is 4.58. The maximum Gasteiger partial charge on any atom is 0.329 e. The molecule has 1 aliphatic rings. The van der Waals surface area contributed by atoms with E-state index in [-0.39, 0.29) is 5.92 Å². The molecule has 2 atom stereocenters. The lowest BCUT2D eigenvalue weighted by atomic mass is 9.87. The van der Waals surface area contributed by atoms with Crippen molar-refractivity contribution in [2.24, 2.45) is 0 Å². The Kier molecular flexibility index (Phi) is 4.82. The van der Waals surface area contributed by atoms with E-state index in [0.29, 0.717) is 0 Å². The monoisotopic (exact) mass is 401 g/mol. The maximum atomic E-state index is 12.1. The summed E-state index contributed by atoms with van der Waals surface area (Å²) in [6.07, 6.45) is -0.508. The summed E-state index contributed by atoms with van der Waals surface area (Å²) in [6, 6.07) is 24.1. The van der Waals surface area contributed by atoms with Crippen LogP contribution in [0.2, 0.25) is 0 Å². The number of aliphatic carboxylic acids is 2. The van der Waals surface area contributed by atoms with Crippen molar-refractivity contribution in [2.75, 3.05) is 11.9 Å². The predicted octanol–water partition coefficient (Wildman–Crippen LogP) is 4.60. The Hall–Kier alpha value is -3.60. The highest BCUT2D eigenvalue weighted by Gasteiger charge is 2.43. The highest BCUT2D eigenvalue weighted by atomic mass is 16.4. The summed E-state index contributed by atoms with van der Waals surface area (Å²) in [5.74, 6) is -2.38. The molecule has 3 aromatic rings. The summed E-state index contributed by atoms with van der Waals surface area (Å²) in [5, 5.41) is 19.3. The summed E-state index contributed by atoms with van der Waals surface area (Å²) in [6.45, 7) is 1.46. The van der Waals surface area contributed by atoms with Gasteiger partial charge in [-0.15, -0.1) is 0 Å². The number of carboxylic acids is 2. The first-order valence-corrected chi connectivity index (χ1v) is 9.81. The summed E-state index contributed by atoms with van der Waals surface area (Å²) in [4.78, 5) is 25.2. The number of carbonyl (C=O) groups is 2. The van der Waals surface area contributed by atoms with E-state index in [1.807, 2.05) is 48.5 Å². The van der Waals surface area contributed by atoms with Crippen molar-refractivity contribution in [1.82, 2.24) is 0 Å². The molecule has 1 unspecified atom stereocenters. The van der Waals surface area contributed by atoms with Crippen LogP contribution in [0, 0.1) is 0 Å². The number of hydrogen-bond acceptors (Lipinski definition) is 3. The fourth-order valence-electron chi connectivity index (χ4n) is 4.42. The van der Waals surface area contributed by atoms with Crippen molar-refractivity contribution >= 4 is 17.6 Å². The van der Waals surface area contributed by atoms with Gasteiger partial charge in [0.2, 0.25) is 0 Å². The van der Waals surface area contributed by atoms with Gasteiger partial charge in [-0.2, -0.15) is 0 Å². The Balaban J connectivity index is 1.95. The van der Waals surface area contributed by atoms with Crippen LogP contribution in [-0.2, 0) is 9.59 Å². The third-order valence-electron chi connectivity index (χ3n) is 6.12. The minimum atomic E-state index is -1.59. The molecule has 0 amide bonds. The van der Waals surface area contributed by atoms with Gasteiger partial charge in [0.05, 0.1) is 6.42 Å². The lowest BCUT2D eigenvalue weighted by Gasteiger charge is -2.37. The van der Waals surface area contributed by atoms with Gasteiger partial charge in [-0.05, 0) is 40.8 Å². The molecule has 0 saturated carbocycles. The minimum absolute atomic E-state index is 0.0566. The smallest absolute Gasteiger partial charge is 0.329 e. The Bertz CT molecular complexity index is 1130. The number of fused-ring (bicyclic) bond motifs is 3. The second kappa shape index (κ2) is 7.34. The molecule has 4 rings (SSSR count). The van der Waals surface area contributed by atoms with Crippen molar-refractivity contribution in [2.45, 2.75) is 24.8 Å². The third-order valence-corrected chi connectivity index (χ3v) is 6.12. The van der Waals surface area contributed by atoms with Gasteiger partial charge in [-0.1, -0.05) is 66.7 Å². The van der Waals surface area contributed by atoms with Gasteiger partial charge in [-0.25, -0.2) is 4.79 Å². The molecule has 3 aromatic carbocycles. The highest BCUT2D eigenvalue weighted by molar-refractivity contribution is 5.91. The highest BCUT2D eigenvalue weighted by Crippen LogP contribution is 2.52. The number of rotatable bonds is 6. The number of anilines is 1. The number of nitrogens with zero attached hydrogens (tertiary/aromatic N) is 1. The van der Waals surface area contributed by atoms with Crippen LogP contribution >= 0.6 is 0 Å². The topological polar surface area (TPSA) is 77.8 Å². The molecule has 0 fully saturated rings. The predicted molar refractivity (Wildman–Crippen MR) is 116 cm³/mol. The molecular formula is C25H23NO4. The lowest BCUT2D eigenvalue weighted by Crippen LogP contribution is -2.52. The average Bonchev–Trinajstić information content (AvgIpc) is 3.08. The van der Waals surface area contributed by atoms with Crippen LogP contribution in [0.5, 0.6) is 0 Å². The lowest BCUT2D eigenvalue weighted by molar-refractivity contribution is -0.149. The summed E-state index contributed by atoms with van der Waals surface area (Å²) < 4.78 is 0. The van der Waals surface area contributed by atoms with Crippen molar-refractivity contribution < 1.29 is 19.8 Å². The minimum Gasteiger partial charge on any atom is -0.481 e. The van der Waals surface area contributed by atoms with Crippen LogP contribution < -0.4 is 4.90 Å².